The fraction of sp³-hybridized carbons (Fsp3) is 0.250. The van der Waals surface area contributed by atoms with E-state index in [9.17, 15) is 0 Å². The van der Waals surface area contributed by atoms with Gasteiger partial charge in [0.1, 0.15) is 22.2 Å². The van der Waals surface area contributed by atoms with Crippen LogP contribution < -0.4 is 10.5 Å². The van der Waals surface area contributed by atoms with Gasteiger partial charge in [0.15, 0.2) is 0 Å². The molecule has 1 atom stereocenters. The molecule has 0 radical (unpaired) electrons. The summed E-state index contributed by atoms with van der Waals surface area (Å²) in [6.45, 7) is 4.40. The van der Waals surface area contributed by atoms with E-state index in [0.717, 1.165) is 12.2 Å². The maximum atomic E-state index is 5.78. The van der Waals surface area contributed by atoms with Gasteiger partial charge < -0.3 is 10.5 Å². The van der Waals surface area contributed by atoms with Gasteiger partial charge in [0.2, 0.25) is 0 Å². The lowest BCUT2D eigenvalue weighted by atomic mass is 9.99. The second-order valence-corrected chi connectivity index (χ2v) is 5.16. The minimum atomic E-state index is 0.266. The van der Waals surface area contributed by atoms with E-state index in [0.29, 0.717) is 17.4 Å². The van der Waals surface area contributed by atoms with Crippen molar-refractivity contribution in [2.75, 3.05) is 0 Å². The van der Waals surface area contributed by atoms with Crippen molar-refractivity contribution in [2.45, 2.75) is 26.2 Å². The number of thiocarbonyl (C=S) groups is 1. The highest BCUT2D eigenvalue weighted by Crippen LogP contribution is 2.25. The quantitative estimate of drug-likeness (QED) is 0.843. The van der Waals surface area contributed by atoms with Crippen LogP contribution in [-0.2, 0) is 0 Å². The third-order valence-corrected chi connectivity index (χ3v) is 3.49. The van der Waals surface area contributed by atoms with Crippen LogP contribution in [0.3, 0.4) is 0 Å². The Morgan fingerprint density at radius 3 is 2.55 bits per heavy atom. The Hall–Kier alpha value is -1.94. The number of hydrogen-bond acceptors (Lipinski definition) is 3. The standard InChI is InChI=1S/C16H18N2OS/c1-3-11(2)12-4-6-13(7-5-12)19-14-8-9-18-15(10-14)16(17)20/h4-11H,3H2,1-2H3,(H2,17,20). The summed E-state index contributed by atoms with van der Waals surface area (Å²) in [7, 11) is 0. The Bertz CT molecular complexity index is 596. The van der Waals surface area contributed by atoms with Crippen LogP contribution >= 0.6 is 12.2 Å². The van der Waals surface area contributed by atoms with Crippen LogP contribution in [0.4, 0.5) is 0 Å². The molecule has 0 bridgehead atoms. The maximum absolute atomic E-state index is 5.78. The lowest BCUT2D eigenvalue weighted by molar-refractivity contribution is 0.481. The number of benzene rings is 1. The molecule has 0 amide bonds. The zero-order valence-electron chi connectivity index (χ0n) is 11.7. The fourth-order valence-electron chi connectivity index (χ4n) is 1.85. The summed E-state index contributed by atoms with van der Waals surface area (Å²) in [5, 5.41) is 0. The van der Waals surface area contributed by atoms with Crippen molar-refractivity contribution < 1.29 is 4.74 Å². The maximum Gasteiger partial charge on any atom is 0.131 e. The Labute approximate surface area is 124 Å². The Morgan fingerprint density at radius 1 is 1.25 bits per heavy atom. The van der Waals surface area contributed by atoms with E-state index < -0.39 is 0 Å². The van der Waals surface area contributed by atoms with Crippen molar-refractivity contribution in [3.05, 3.63) is 53.9 Å². The van der Waals surface area contributed by atoms with E-state index in [1.807, 2.05) is 12.1 Å². The van der Waals surface area contributed by atoms with Crippen LogP contribution in [0.2, 0.25) is 0 Å². The molecular formula is C16H18N2OS. The SMILES string of the molecule is CCC(C)c1ccc(Oc2ccnc(C(N)=S)c2)cc1. The van der Waals surface area contributed by atoms with Crippen molar-refractivity contribution in [3.8, 4) is 11.5 Å². The Morgan fingerprint density at radius 2 is 1.95 bits per heavy atom. The average molecular weight is 286 g/mol. The summed E-state index contributed by atoms with van der Waals surface area (Å²) in [5.41, 5.74) is 7.44. The first kappa shape index (κ1) is 14.5. The molecule has 2 rings (SSSR count). The molecule has 0 aliphatic carbocycles. The highest BCUT2D eigenvalue weighted by molar-refractivity contribution is 7.80. The monoisotopic (exact) mass is 286 g/mol. The molecule has 0 saturated heterocycles. The molecule has 20 heavy (non-hydrogen) atoms. The molecular weight excluding hydrogens is 268 g/mol. The second-order valence-electron chi connectivity index (χ2n) is 4.72. The molecule has 2 aromatic rings. The van der Waals surface area contributed by atoms with Gasteiger partial charge in [-0.05, 0) is 36.1 Å². The predicted octanol–water partition coefficient (Wildman–Crippen LogP) is 4.02. The fourth-order valence-corrected chi connectivity index (χ4v) is 1.96. The highest BCUT2D eigenvalue weighted by Gasteiger charge is 2.05. The molecule has 4 heteroatoms. The lowest BCUT2D eigenvalue weighted by Gasteiger charge is -2.11. The van der Waals surface area contributed by atoms with E-state index >= 15 is 0 Å². The van der Waals surface area contributed by atoms with E-state index in [1.165, 1.54) is 5.56 Å². The van der Waals surface area contributed by atoms with Crippen molar-refractivity contribution in [3.63, 3.8) is 0 Å². The first-order chi connectivity index (χ1) is 9.60. The van der Waals surface area contributed by atoms with Crippen LogP contribution in [0, 0.1) is 0 Å². The van der Waals surface area contributed by atoms with Crippen LogP contribution in [-0.4, -0.2) is 9.97 Å². The van der Waals surface area contributed by atoms with Crippen LogP contribution in [0.5, 0.6) is 11.5 Å². The summed E-state index contributed by atoms with van der Waals surface area (Å²) in [5.74, 6) is 2.03. The van der Waals surface area contributed by atoms with Crippen molar-refractivity contribution >= 4 is 17.2 Å². The number of ether oxygens (including phenoxy) is 1. The molecule has 1 heterocycles. The smallest absolute Gasteiger partial charge is 0.131 e. The van der Waals surface area contributed by atoms with Gasteiger partial charge in [-0.1, -0.05) is 38.2 Å². The molecule has 2 N–H and O–H groups in total. The minimum absolute atomic E-state index is 0.266. The summed E-state index contributed by atoms with van der Waals surface area (Å²) < 4.78 is 5.78. The number of aromatic nitrogens is 1. The molecule has 1 unspecified atom stereocenters. The second kappa shape index (κ2) is 6.48. The number of rotatable bonds is 5. The molecule has 1 aromatic heterocycles. The van der Waals surface area contributed by atoms with Crippen molar-refractivity contribution in [1.29, 1.82) is 0 Å². The number of nitrogens with zero attached hydrogens (tertiary/aromatic N) is 1. The Balaban J connectivity index is 2.14. The molecule has 0 aliphatic rings. The summed E-state index contributed by atoms with van der Waals surface area (Å²) >= 11 is 4.91. The number of pyridine rings is 1. The summed E-state index contributed by atoms with van der Waals surface area (Å²) in [6.07, 6.45) is 2.76. The summed E-state index contributed by atoms with van der Waals surface area (Å²) in [6, 6.07) is 11.7. The minimum Gasteiger partial charge on any atom is -0.457 e. The molecule has 0 saturated carbocycles. The van der Waals surface area contributed by atoms with Crippen LogP contribution in [0.1, 0.15) is 37.4 Å². The number of hydrogen-bond donors (Lipinski definition) is 1. The van der Waals surface area contributed by atoms with E-state index in [4.69, 9.17) is 22.7 Å². The molecule has 0 spiro atoms. The van der Waals surface area contributed by atoms with Crippen molar-refractivity contribution in [1.82, 2.24) is 4.98 Å². The average Bonchev–Trinajstić information content (AvgIpc) is 2.47. The first-order valence-corrected chi connectivity index (χ1v) is 7.04. The van der Waals surface area contributed by atoms with Crippen molar-refractivity contribution in [2.24, 2.45) is 5.73 Å². The van der Waals surface area contributed by atoms with Crippen LogP contribution in [0.25, 0.3) is 0 Å². The van der Waals surface area contributed by atoms with Gasteiger partial charge in [-0.25, -0.2) is 0 Å². The van der Waals surface area contributed by atoms with Gasteiger partial charge in [-0.3, -0.25) is 4.98 Å². The van der Waals surface area contributed by atoms with Crippen LogP contribution in [0.15, 0.2) is 42.6 Å². The van der Waals surface area contributed by atoms with Gasteiger partial charge in [0, 0.05) is 12.3 Å². The zero-order valence-corrected chi connectivity index (χ0v) is 12.5. The van der Waals surface area contributed by atoms with E-state index in [-0.39, 0.29) is 4.99 Å². The molecule has 1 aromatic carbocycles. The molecule has 3 nitrogen and oxygen atoms in total. The third-order valence-electron chi connectivity index (χ3n) is 3.28. The first-order valence-electron chi connectivity index (χ1n) is 6.63. The number of nitrogens with two attached hydrogens (primary N) is 1. The third kappa shape index (κ3) is 3.54. The normalized spacial score (nSPS) is 11.9. The van der Waals surface area contributed by atoms with E-state index in [2.05, 4.69) is 31.0 Å². The molecule has 0 aliphatic heterocycles. The molecule has 0 fully saturated rings. The largest absolute Gasteiger partial charge is 0.457 e. The summed E-state index contributed by atoms with van der Waals surface area (Å²) in [4.78, 5) is 4.35. The highest BCUT2D eigenvalue weighted by atomic mass is 32.1. The molecule has 104 valence electrons. The Kier molecular flexibility index (Phi) is 4.69. The van der Waals surface area contributed by atoms with Gasteiger partial charge in [-0.15, -0.1) is 0 Å². The zero-order chi connectivity index (χ0) is 14.5. The lowest BCUT2D eigenvalue weighted by Crippen LogP contribution is -2.11. The predicted molar refractivity (Wildman–Crippen MR) is 85.3 cm³/mol. The topological polar surface area (TPSA) is 48.1 Å². The van der Waals surface area contributed by atoms with Gasteiger partial charge in [0.25, 0.3) is 0 Å². The van der Waals surface area contributed by atoms with E-state index in [1.54, 1.807) is 18.3 Å². The van der Waals surface area contributed by atoms with Gasteiger partial charge >= 0.3 is 0 Å². The van der Waals surface area contributed by atoms with Gasteiger partial charge in [0.05, 0.1) is 0 Å². The van der Waals surface area contributed by atoms with Gasteiger partial charge in [-0.2, -0.15) is 0 Å².